The number of aryl methyl sites for hydroxylation is 1. The van der Waals surface area contributed by atoms with Gasteiger partial charge in [-0.25, -0.2) is 4.79 Å². The number of nitriles is 1. The van der Waals surface area contributed by atoms with Gasteiger partial charge < -0.3 is 20.2 Å². The largest absolute Gasteiger partial charge is 0.393 e. The number of carbonyl (C=O) groups is 1. The fraction of sp³-hybridized carbons (Fsp3) is 0.640. The van der Waals surface area contributed by atoms with E-state index in [1.54, 1.807) is 0 Å². The molecule has 4 aliphatic rings. The third-order valence-electron chi connectivity index (χ3n) is 7.79. The lowest BCUT2D eigenvalue weighted by atomic mass is 9.93. The van der Waals surface area contributed by atoms with Crippen molar-refractivity contribution in [3.05, 3.63) is 29.3 Å². The van der Waals surface area contributed by atoms with E-state index in [0.717, 1.165) is 36.6 Å². The fourth-order valence-corrected chi connectivity index (χ4v) is 5.69. The topological polar surface area (TPSA) is 95.2 Å². The van der Waals surface area contributed by atoms with Crippen LogP contribution in [0.4, 0.5) is 10.5 Å². The third kappa shape index (κ3) is 4.51. The van der Waals surface area contributed by atoms with Crippen LogP contribution in [0.25, 0.3) is 0 Å². The number of rotatable bonds is 3. The van der Waals surface area contributed by atoms with Gasteiger partial charge in [0, 0.05) is 32.6 Å². The summed E-state index contributed by atoms with van der Waals surface area (Å²) < 4.78 is 0. The molecular weight excluding hydrogens is 416 g/mol. The summed E-state index contributed by atoms with van der Waals surface area (Å²) in [7, 11) is 0. The summed E-state index contributed by atoms with van der Waals surface area (Å²) in [4.78, 5) is 16.6. The third-order valence-corrected chi connectivity index (χ3v) is 7.79. The molecule has 0 bridgehead atoms. The maximum absolute atomic E-state index is 12.5. The standard InChI is InChI=1S/C25H34N6O2/c1-17-12-21(7-6-19(17)14-26)31-23(18-4-2-3-5-18)13-24(28-31)30-15-20(16-30)27-25(33)29-10-8-22(32)9-11-29/h6-7,12,18,20,22-23,32H,2-5,8-11,13,15-16H2,1H3,(H,27,33). The van der Waals surface area contributed by atoms with Crippen LogP contribution < -0.4 is 10.3 Å². The maximum atomic E-state index is 12.5. The molecule has 33 heavy (non-hydrogen) atoms. The molecule has 8 nitrogen and oxygen atoms in total. The molecule has 3 aliphatic heterocycles. The molecule has 3 fully saturated rings. The zero-order valence-corrected chi connectivity index (χ0v) is 19.4. The van der Waals surface area contributed by atoms with Crippen LogP contribution in [0, 0.1) is 24.2 Å². The fourth-order valence-electron chi connectivity index (χ4n) is 5.69. The summed E-state index contributed by atoms with van der Waals surface area (Å²) in [6.45, 7) is 4.81. The van der Waals surface area contributed by atoms with E-state index in [-0.39, 0.29) is 18.2 Å². The molecule has 3 heterocycles. The van der Waals surface area contributed by atoms with Crippen LogP contribution in [0.5, 0.6) is 0 Å². The number of benzene rings is 1. The van der Waals surface area contributed by atoms with Crippen molar-refractivity contribution >= 4 is 17.6 Å². The second kappa shape index (κ2) is 9.22. The van der Waals surface area contributed by atoms with E-state index in [1.807, 2.05) is 24.0 Å². The number of aliphatic hydroxyl groups is 1. The van der Waals surface area contributed by atoms with Gasteiger partial charge in [-0.15, -0.1) is 0 Å². The number of amidine groups is 1. The highest BCUT2D eigenvalue weighted by molar-refractivity contribution is 5.88. The lowest BCUT2D eigenvalue weighted by Gasteiger charge is -2.42. The first-order valence-corrected chi connectivity index (χ1v) is 12.4. The number of likely N-dealkylation sites (tertiary alicyclic amines) is 2. The number of amides is 2. The molecule has 0 spiro atoms. The van der Waals surface area contributed by atoms with E-state index >= 15 is 0 Å². The van der Waals surface area contributed by atoms with Crippen molar-refractivity contribution in [1.82, 2.24) is 15.1 Å². The number of anilines is 1. The van der Waals surface area contributed by atoms with E-state index in [0.29, 0.717) is 43.5 Å². The van der Waals surface area contributed by atoms with Gasteiger partial charge in [-0.05, 0) is 62.3 Å². The van der Waals surface area contributed by atoms with Crippen LogP contribution in [0.2, 0.25) is 0 Å². The summed E-state index contributed by atoms with van der Waals surface area (Å²) >= 11 is 0. The lowest BCUT2D eigenvalue weighted by molar-refractivity contribution is 0.0901. The zero-order chi connectivity index (χ0) is 22.9. The van der Waals surface area contributed by atoms with Crippen LogP contribution in [-0.2, 0) is 0 Å². The van der Waals surface area contributed by atoms with Gasteiger partial charge in [-0.2, -0.15) is 10.4 Å². The molecule has 2 N–H and O–H groups in total. The van der Waals surface area contributed by atoms with Crippen LogP contribution in [-0.4, -0.2) is 71.1 Å². The van der Waals surface area contributed by atoms with Gasteiger partial charge in [0.1, 0.15) is 5.84 Å². The van der Waals surface area contributed by atoms with E-state index in [1.165, 1.54) is 25.7 Å². The quantitative estimate of drug-likeness (QED) is 0.738. The van der Waals surface area contributed by atoms with Gasteiger partial charge in [-0.3, -0.25) is 5.01 Å². The molecule has 5 rings (SSSR count). The Bertz CT molecular complexity index is 952. The smallest absolute Gasteiger partial charge is 0.317 e. The number of urea groups is 1. The Morgan fingerprint density at radius 2 is 1.91 bits per heavy atom. The van der Waals surface area contributed by atoms with Gasteiger partial charge in [0.25, 0.3) is 0 Å². The molecule has 176 valence electrons. The second-order valence-electron chi connectivity index (χ2n) is 10.1. The Kier molecular flexibility index (Phi) is 6.15. The lowest BCUT2D eigenvalue weighted by Crippen LogP contribution is -2.63. The molecular formula is C25H34N6O2. The minimum absolute atomic E-state index is 0.0153. The number of hydrazone groups is 1. The van der Waals surface area contributed by atoms with Gasteiger partial charge in [0.15, 0.2) is 0 Å². The summed E-state index contributed by atoms with van der Waals surface area (Å²) in [5.41, 5.74) is 2.76. The molecule has 1 aromatic carbocycles. The SMILES string of the molecule is Cc1cc(N2N=C(N3CC(NC(=O)N4CCC(O)CC4)C3)CC2C2CCCC2)ccc1C#N. The predicted molar refractivity (Wildman–Crippen MR) is 127 cm³/mol. The van der Waals surface area contributed by atoms with Gasteiger partial charge in [0.05, 0.1) is 35.5 Å². The van der Waals surface area contributed by atoms with Crippen LogP contribution in [0.15, 0.2) is 23.3 Å². The molecule has 0 aromatic heterocycles. The number of piperidine rings is 1. The van der Waals surface area contributed by atoms with E-state index in [2.05, 4.69) is 27.4 Å². The summed E-state index contributed by atoms with van der Waals surface area (Å²) in [6.07, 6.45) is 7.08. The Hall–Kier alpha value is -2.79. The zero-order valence-electron chi connectivity index (χ0n) is 19.4. The number of aliphatic hydroxyl groups excluding tert-OH is 1. The molecule has 2 amide bonds. The normalized spacial score (nSPS) is 24.6. The molecule has 0 radical (unpaired) electrons. The van der Waals surface area contributed by atoms with Gasteiger partial charge in [0.2, 0.25) is 0 Å². The second-order valence-corrected chi connectivity index (χ2v) is 10.1. The molecule has 1 unspecified atom stereocenters. The van der Waals surface area contributed by atoms with Gasteiger partial charge in [-0.1, -0.05) is 12.8 Å². The van der Waals surface area contributed by atoms with Crippen molar-refractivity contribution in [2.75, 3.05) is 31.2 Å². The maximum Gasteiger partial charge on any atom is 0.317 e. The average molecular weight is 451 g/mol. The molecule has 1 atom stereocenters. The number of nitrogens with zero attached hydrogens (tertiary/aromatic N) is 5. The first-order valence-electron chi connectivity index (χ1n) is 12.4. The van der Waals surface area contributed by atoms with Crippen molar-refractivity contribution in [2.24, 2.45) is 11.0 Å². The van der Waals surface area contributed by atoms with Gasteiger partial charge >= 0.3 is 6.03 Å². The summed E-state index contributed by atoms with van der Waals surface area (Å²) in [5, 5.41) is 29.4. The highest BCUT2D eigenvalue weighted by Crippen LogP contribution is 2.38. The molecule has 2 saturated heterocycles. The molecule has 8 heteroatoms. The minimum Gasteiger partial charge on any atom is -0.393 e. The van der Waals surface area contributed by atoms with E-state index in [4.69, 9.17) is 5.10 Å². The number of hydrogen-bond donors (Lipinski definition) is 2. The molecule has 1 aliphatic carbocycles. The first kappa shape index (κ1) is 22.0. The van der Waals surface area contributed by atoms with Crippen molar-refractivity contribution in [1.29, 1.82) is 5.26 Å². The van der Waals surface area contributed by atoms with Crippen molar-refractivity contribution < 1.29 is 9.90 Å². The Morgan fingerprint density at radius 1 is 1.18 bits per heavy atom. The molecule has 1 saturated carbocycles. The predicted octanol–water partition coefficient (Wildman–Crippen LogP) is 2.80. The monoisotopic (exact) mass is 450 g/mol. The number of nitrogens with one attached hydrogen (secondary N) is 1. The molecule has 1 aromatic rings. The van der Waals surface area contributed by atoms with E-state index in [9.17, 15) is 15.2 Å². The minimum atomic E-state index is -0.274. The summed E-state index contributed by atoms with van der Waals surface area (Å²) in [6, 6.07) is 8.76. The Morgan fingerprint density at radius 3 is 2.58 bits per heavy atom. The van der Waals surface area contributed by atoms with Crippen LogP contribution in [0.1, 0.15) is 56.1 Å². The highest BCUT2D eigenvalue weighted by atomic mass is 16.3. The van der Waals surface area contributed by atoms with Crippen LogP contribution in [0.3, 0.4) is 0 Å². The average Bonchev–Trinajstić information content (AvgIpc) is 3.46. The Labute approximate surface area is 195 Å². The Balaban J connectivity index is 1.23. The highest BCUT2D eigenvalue weighted by Gasteiger charge is 2.41. The van der Waals surface area contributed by atoms with Crippen molar-refractivity contribution in [2.45, 2.75) is 70.1 Å². The van der Waals surface area contributed by atoms with Crippen molar-refractivity contribution in [3.63, 3.8) is 0 Å². The first-order chi connectivity index (χ1) is 16.0. The van der Waals surface area contributed by atoms with Crippen LogP contribution >= 0.6 is 0 Å². The van der Waals surface area contributed by atoms with E-state index < -0.39 is 0 Å². The van der Waals surface area contributed by atoms with Crippen molar-refractivity contribution in [3.8, 4) is 6.07 Å². The number of hydrogen-bond acceptors (Lipinski definition) is 6. The summed E-state index contributed by atoms with van der Waals surface area (Å²) in [5.74, 6) is 1.76. The number of carbonyl (C=O) groups excluding carboxylic acids is 1.